The van der Waals surface area contributed by atoms with Gasteiger partial charge in [-0.25, -0.2) is 18.0 Å². The SMILES string of the molecule is COC(=O)c1cc(NC(=O)C(C)NS(=O)(=O)c2ccc(Cl)cc2)cc(C(=O)OC)c1. The Morgan fingerprint density at radius 2 is 1.43 bits per heavy atom. The van der Waals surface area contributed by atoms with Crippen LogP contribution in [0.1, 0.15) is 27.6 Å². The van der Waals surface area contributed by atoms with Crippen LogP contribution in [0.5, 0.6) is 0 Å². The molecule has 1 unspecified atom stereocenters. The minimum absolute atomic E-state index is 0.00472. The molecular weight excluding hydrogens is 436 g/mol. The summed E-state index contributed by atoms with van der Waals surface area (Å²) in [5, 5.41) is 2.83. The molecule has 160 valence electrons. The number of sulfonamides is 1. The van der Waals surface area contributed by atoms with E-state index in [0.29, 0.717) is 5.02 Å². The quantitative estimate of drug-likeness (QED) is 0.614. The Labute approximate surface area is 178 Å². The van der Waals surface area contributed by atoms with Crippen LogP contribution in [-0.2, 0) is 24.3 Å². The number of ether oxygens (including phenoxy) is 2. The van der Waals surface area contributed by atoms with Gasteiger partial charge in [-0.05, 0) is 49.4 Å². The lowest BCUT2D eigenvalue weighted by molar-refractivity contribution is -0.117. The third kappa shape index (κ3) is 5.78. The molecule has 0 spiro atoms. The minimum atomic E-state index is -3.98. The smallest absolute Gasteiger partial charge is 0.337 e. The summed E-state index contributed by atoms with van der Waals surface area (Å²) in [6.45, 7) is 1.34. The Hall–Kier alpha value is -2.95. The van der Waals surface area contributed by atoms with Crippen LogP contribution in [0.2, 0.25) is 5.02 Å². The Bertz CT molecular complexity index is 1030. The number of nitrogens with one attached hydrogen (secondary N) is 2. The van der Waals surface area contributed by atoms with Gasteiger partial charge in [0.1, 0.15) is 0 Å². The van der Waals surface area contributed by atoms with Crippen molar-refractivity contribution in [2.75, 3.05) is 19.5 Å². The predicted molar refractivity (Wildman–Crippen MR) is 109 cm³/mol. The van der Waals surface area contributed by atoms with Crippen molar-refractivity contribution in [1.82, 2.24) is 4.72 Å². The van der Waals surface area contributed by atoms with Crippen LogP contribution in [-0.4, -0.2) is 46.5 Å². The Morgan fingerprint density at radius 3 is 1.90 bits per heavy atom. The average Bonchev–Trinajstić information content (AvgIpc) is 2.72. The number of hydrogen-bond donors (Lipinski definition) is 2. The van der Waals surface area contributed by atoms with Crippen LogP contribution in [0.15, 0.2) is 47.4 Å². The summed E-state index contributed by atoms with van der Waals surface area (Å²) in [6.07, 6.45) is 0. The molecule has 0 radical (unpaired) electrons. The highest BCUT2D eigenvalue weighted by molar-refractivity contribution is 7.89. The first kappa shape index (κ1) is 23.3. The van der Waals surface area contributed by atoms with Crippen molar-refractivity contribution in [3.8, 4) is 0 Å². The summed E-state index contributed by atoms with van der Waals surface area (Å²) >= 11 is 5.75. The van der Waals surface area contributed by atoms with E-state index in [1.165, 1.54) is 63.6 Å². The van der Waals surface area contributed by atoms with Crippen molar-refractivity contribution in [2.45, 2.75) is 17.9 Å². The van der Waals surface area contributed by atoms with Crippen LogP contribution in [0.3, 0.4) is 0 Å². The zero-order valence-electron chi connectivity index (χ0n) is 16.3. The number of carbonyl (C=O) groups is 3. The summed E-state index contributed by atoms with van der Waals surface area (Å²) in [7, 11) is -1.65. The minimum Gasteiger partial charge on any atom is -0.465 e. The van der Waals surface area contributed by atoms with Crippen LogP contribution in [0, 0.1) is 0 Å². The number of halogens is 1. The highest BCUT2D eigenvalue weighted by Crippen LogP contribution is 2.18. The van der Waals surface area contributed by atoms with E-state index in [1.807, 2.05) is 0 Å². The first-order valence-electron chi connectivity index (χ1n) is 8.48. The number of hydrogen-bond acceptors (Lipinski definition) is 7. The van der Waals surface area contributed by atoms with Gasteiger partial charge in [0.25, 0.3) is 0 Å². The van der Waals surface area contributed by atoms with Crippen molar-refractivity contribution in [3.05, 3.63) is 58.6 Å². The molecule has 2 rings (SSSR count). The first-order chi connectivity index (χ1) is 14.1. The van der Waals surface area contributed by atoms with Gasteiger partial charge in [0, 0.05) is 10.7 Å². The summed E-state index contributed by atoms with van der Waals surface area (Å²) in [4.78, 5) is 36.1. The lowest BCUT2D eigenvalue weighted by Gasteiger charge is -2.15. The van der Waals surface area contributed by atoms with Crippen LogP contribution in [0.25, 0.3) is 0 Å². The van der Waals surface area contributed by atoms with Crippen LogP contribution < -0.4 is 10.0 Å². The van der Waals surface area contributed by atoms with Gasteiger partial charge in [0.2, 0.25) is 15.9 Å². The summed E-state index contributed by atoms with van der Waals surface area (Å²) in [5.74, 6) is -2.18. The lowest BCUT2D eigenvalue weighted by Crippen LogP contribution is -2.41. The highest BCUT2D eigenvalue weighted by atomic mass is 35.5. The molecule has 1 amide bonds. The number of amides is 1. The molecule has 2 N–H and O–H groups in total. The molecule has 2 aromatic rings. The van der Waals surface area contributed by atoms with E-state index in [4.69, 9.17) is 11.6 Å². The number of esters is 2. The van der Waals surface area contributed by atoms with Gasteiger partial charge < -0.3 is 14.8 Å². The van der Waals surface area contributed by atoms with Crippen molar-refractivity contribution in [3.63, 3.8) is 0 Å². The molecule has 0 saturated carbocycles. The second-order valence-corrected chi connectivity index (χ2v) is 8.22. The van der Waals surface area contributed by atoms with Crippen molar-refractivity contribution in [1.29, 1.82) is 0 Å². The largest absolute Gasteiger partial charge is 0.465 e. The molecule has 0 aliphatic carbocycles. The zero-order chi connectivity index (χ0) is 22.5. The molecule has 9 nitrogen and oxygen atoms in total. The van der Waals surface area contributed by atoms with Gasteiger partial charge in [-0.15, -0.1) is 0 Å². The van der Waals surface area contributed by atoms with E-state index in [-0.39, 0.29) is 21.7 Å². The van der Waals surface area contributed by atoms with E-state index in [0.717, 1.165) is 0 Å². The third-order valence-corrected chi connectivity index (χ3v) is 5.70. The van der Waals surface area contributed by atoms with Crippen LogP contribution >= 0.6 is 11.6 Å². The maximum Gasteiger partial charge on any atom is 0.337 e. The third-order valence-electron chi connectivity index (χ3n) is 3.89. The maximum absolute atomic E-state index is 12.5. The molecule has 0 aliphatic rings. The standard InChI is InChI=1S/C19H19ClN2O7S/c1-11(22-30(26,27)16-6-4-14(20)5-7-16)17(23)21-15-9-12(18(24)28-2)8-13(10-15)19(25)29-3/h4-11,22H,1-3H3,(H,21,23). The number of carbonyl (C=O) groups excluding carboxylic acids is 3. The number of anilines is 1. The van der Waals surface area contributed by atoms with Gasteiger partial charge in [-0.3, -0.25) is 4.79 Å². The summed E-state index contributed by atoms with van der Waals surface area (Å²) in [5.41, 5.74) is 0.0936. The molecule has 0 aliphatic heterocycles. The maximum atomic E-state index is 12.5. The van der Waals surface area contributed by atoms with E-state index in [2.05, 4.69) is 19.5 Å². The second-order valence-electron chi connectivity index (χ2n) is 6.07. The number of methoxy groups -OCH3 is 2. The Kier molecular flexibility index (Phi) is 7.54. The Balaban J connectivity index is 2.22. The van der Waals surface area contributed by atoms with Crippen molar-refractivity contribution < 1.29 is 32.3 Å². The normalized spacial score (nSPS) is 12.0. The topological polar surface area (TPSA) is 128 Å². The molecule has 0 aromatic heterocycles. The molecule has 30 heavy (non-hydrogen) atoms. The number of rotatable bonds is 7. The fraction of sp³-hybridized carbons (Fsp3) is 0.211. The molecule has 0 fully saturated rings. The molecule has 0 saturated heterocycles. The van der Waals surface area contributed by atoms with Crippen molar-refractivity contribution >= 4 is 45.2 Å². The van der Waals surface area contributed by atoms with E-state index in [1.54, 1.807) is 0 Å². The monoisotopic (exact) mass is 454 g/mol. The van der Waals surface area contributed by atoms with Gasteiger partial charge in [-0.1, -0.05) is 11.6 Å². The molecule has 2 aromatic carbocycles. The summed E-state index contributed by atoms with van der Waals surface area (Å²) in [6, 6.07) is 8.08. The zero-order valence-corrected chi connectivity index (χ0v) is 17.8. The van der Waals surface area contributed by atoms with Gasteiger partial charge in [0.15, 0.2) is 0 Å². The van der Waals surface area contributed by atoms with Gasteiger partial charge >= 0.3 is 11.9 Å². The average molecular weight is 455 g/mol. The van der Waals surface area contributed by atoms with E-state index >= 15 is 0 Å². The van der Waals surface area contributed by atoms with Gasteiger partial charge in [-0.2, -0.15) is 4.72 Å². The van der Waals surface area contributed by atoms with E-state index < -0.39 is 33.9 Å². The van der Waals surface area contributed by atoms with Gasteiger partial charge in [0.05, 0.1) is 36.3 Å². The highest BCUT2D eigenvalue weighted by Gasteiger charge is 2.23. The van der Waals surface area contributed by atoms with E-state index in [9.17, 15) is 22.8 Å². The molecule has 0 bridgehead atoms. The second kappa shape index (κ2) is 9.70. The summed E-state index contributed by atoms with van der Waals surface area (Å²) < 4.78 is 36.3. The fourth-order valence-electron chi connectivity index (χ4n) is 2.39. The Morgan fingerprint density at radius 1 is 0.933 bits per heavy atom. The molecule has 11 heteroatoms. The first-order valence-corrected chi connectivity index (χ1v) is 10.3. The number of benzene rings is 2. The molecule has 1 atom stereocenters. The molecular formula is C19H19ClN2O7S. The predicted octanol–water partition coefficient (Wildman–Crippen LogP) is 2.22. The lowest BCUT2D eigenvalue weighted by atomic mass is 10.1. The molecule has 0 heterocycles. The van der Waals surface area contributed by atoms with Crippen LogP contribution in [0.4, 0.5) is 5.69 Å². The van der Waals surface area contributed by atoms with Crippen molar-refractivity contribution in [2.24, 2.45) is 0 Å². The fourth-order valence-corrected chi connectivity index (χ4v) is 3.72.